The molecule has 1 N–H and O–H groups in total. The van der Waals surface area contributed by atoms with Crippen LogP contribution in [0.1, 0.15) is 19.8 Å². The number of nitrogens with one attached hydrogen (secondary N) is 1. The molecular formula is C11H14Br2ClNO2S. The van der Waals surface area contributed by atoms with Crippen LogP contribution >= 0.6 is 43.5 Å². The molecule has 0 bridgehead atoms. The van der Waals surface area contributed by atoms with E-state index in [0.29, 0.717) is 8.95 Å². The first kappa shape index (κ1) is 16.4. The lowest BCUT2D eigenvalue weighted by Gasteiger charge is -2.11. The molecule has 0 amide bonds. The molecule has 0 spiro atoms. The van der Waals surface area contributed by atoms with Crippen LogP contribution in [0.15, 0.2) is 32.0 Å². The molecule has 0 saturated heterocycles. The molecule has 0 aliphatic carbocycles. The summed E-state index contributed by atoms with van der Waals surface area (Å²) in [7, 11) is -3.54. The Balaban J connectivity index is 2.83. The fourth-order valence-electron chi connectivity index (χ4n) is 1.38. The van der Waals surface area contributed by atoms with Crippen LogP contribution in [0.3, 0.4) is 0 Å². The summed E-state index contributed by atoms with van der Waals surface area (Å²) >= 11 is 12.5. The molecule has 0 fully saturated rings. The van der Waals surface area contributed by atoms with Crippen molar-refractivity contribution in [2.24, 2.45) is 0 Å². The van der Waals surface area contributed by atoms with E-state index in [1.807, 2.05) is 6.92 Å². The maximum Gasteiger partial charge on any atom is 0.241 e. The second kappa shape index (κ2) is 7.24. The summed E-state index contributed by atoms with van der Waals surface area (Å²) in [6, 6.07) is 5.00. The van der Waals surface area contributed by atoms with Gasteiger partial charge in [0.25, 0.3) is 0 Å². The topological polar surface area (TPSA) is 46.2 Å². The Hall–Kier alpha value is 0.380. The molecule has 1 atom stereocenters. The largest absolute Gasteiger partial charge is 0.241 e. The summed E-state index contributed by atoms with van der Waals surface area (Å²) in [6.45, 7) is 2.24. The Kier molecular flexibility index (Phi) is 6.61. The third-order valence-corrected chi connectivity index (χ3v) is 5.56. The molecule has 1 unspecified atom stereocenters. The standard InChI is InChI=1S/C11H14Br2ClNO2S/c1-2-3-9(14)7-15-18(16,17)11-6-8(12)4-5-10(11)13/h4-6,9,15H,2-3,7H2,1H3. The van der Waals surface area contributed by atoms with Gasteiger partial charge < -0.3 is 0 Å². The first-order valence-corrected chi connectivity index (χ1v) is 8.96. The smallest absolute Gasteiger partial charge is 0.210 e. The minimum atomic E-state index is -3.54. The van der Waals surface area contributed by atoms with Crippen LogP contribution in [-0.4, -0.2) is 20.3 Å². The molecule has 1 rings (SSSR count). The second-order valence-corrected chi connectivity index (χ2v) is 7.94. The van der Waals surface area contributed by atoms with Gasteiger partial charge in [-0.15, -0.1) is 11.6 Å². The molecule has 0 radical (unpaired) electrons. The maximum atomic E-state index is 12.1. The lowest BCUT2D eigenvalue weighted by atomic mass is 10.2. The van der Waals surface area contributed by atoms with Gasteiger partial charge >= 0.3 is 0 Å². The van der Waals surface area contributed by atoms with Crippen molar-refractivity contribution in [3.05, 3.63) is 27.1 Å². The molecule has 0 saturated carbocycles. The number of sulfonamides is 1. The number of hydrogen-bond donors (Lipinski definition) is 1. The van der Waals surface area contributed by atoms with Crippen molar-refractivity contribution in [1.29, 1.82) is 0 Å². The SMILES string of the molecule is CCCC(Cl)CNS(=O)(=O)c1cc(Br)ccc1Br. The van der Waals surface area contributed by atoms with Gasteiger partial charge in [-0.3, -0.25) is 0 Å². The molecule has 3 nitrogen and oxygen atoms in total. The number of rotatable bonds is 6. The quantitative estimate of drug-likeness (QED) is 0.711. The van der Waals surface area contributed by atoms with Crippen molar-refractivity contribution in [3.8, 4) is 0 Å². The van der Waals surface area contributed by atoms with Crippen LogP contribution in [0.2, 0.25) is 0 Å². The van der Waals surface area contributed by atoms with Crippen molar-refractivity contribution < 1.29 is 8.42 Å². The van der Waals surface area contributed by atoms with Gasteiger partial charge in [0.2, 0.25) is 10.0 Å². The third-order valence-electron chi connectivity index (χ3n) is 2.28. The minimum absolute atomic E-state index is 0.185. The van der Waals surface area contributed by atoms with Gasteiger partial charge in [0.05, 0.1) is 4.90 Å². The van der Waals surface area contributed by atoms with E-state index in [1.165, 1.54) is 0 Å². The molecule has 0 heterocycles. The number of alkyl halides is 1. The maximum absolute atomic E-state index is 12.1. The molecule has 18 heavy (non-hydrogen) atoms. The number of halogens is 3. The van der Waals surface area contributed by atoms with E-state index in [-0.39, 0.29) is 16.8 Å². The van der Waals surface area contributed by atoms with E-state index in [2.05, 4.69) is 36.6 Å². The number of hydrogen-bond acceptors (Lipinski definition) is 2. The van der Waals surface area contributed by atoms with Crippen LogP contribution in [0.5, 0.6) is 0 Å². The molecular weight excluding hydrogens is 405 g/mol. The normalized spacial score (nSPS) is 13.6. The Bertz CT molecular complexity index is 508. The zero-order valence-electron chi connectivity index (χ0n) is 9.79. The van der Waals surface area contributed by atoms with Gasteiger partial charge in [-0.1, -0.05) is 29.3 Å². The van der Waals surface area contributed by atoms with Gasteiger partial charge in [-0.25, -0.2) is 13.1 Å². The van der Waals surface area contributed by atoms with E-state index < -0.39 is 10.0 Å². The molecule has 7 heteroatoms. The lowest BCUT2D eigenvalue weighted by Crippen LogP contribution is -2.30. The Labute approximate surface area is 130 Å². The highest BCUT2D eigenvalue weighted by atomic mass is 79.9. The first-order valence-electron chi connectivity index (χ1n) is 5.45. The fraction of sp³-hybridized carbons (Fsp3) is 0.455. The van der Waals surface area contributed by atoms with Crippen LogP contribution in [0.4, 0.5) is 0 Å². The van der Waals surface area contributed by atoms with Gasteiger partial charge in [-0.2, -0.15) is 0 Å². The zero-order chi connectivity index (χ0) is 13.8. The molecule has 1 aromatic rings. The van der Waals surface area contributed by atoms with Gasteiger partial charge in [0.15, 0.2) is 0 Å². The summed E-state index contributed by atoms with van der Waals surface area (Å²) < 4.78 is 27.9. The van der Waals surface area contributed by atoms with Crippen LogP contribution in [-0.2, 0) is 10.0 Å². The van der Waals surface area contributed by atoms with E-state index in [1.54, 1.807) is 18.2 Å². The van der Waals surface area contributed by atoms with Gasteiger partial charge in [-0.05, 0) is 40.5 Å². The summed E-state index contributed by atoms with van der Waals surface area (Å²) in [5, 5.41) is -0.185. The second-order valence-electron chi connectivity index (χ2n) is 3.81. The highest BCUT2D eigenvalue weighted by Crippen LogP contribution is 2.25. The fourth-order valence-corrected chi connectivity index (χ4v) is 4.34. The summed E-state index contributed by atoms with van der Waals surface area (Å²) in [5.41, 5.74) is 0. The third kappa shape index (κ3) is 4.81. The van der Waals surface area contributed by atoms with Gasteiger partial charge in [0, 0.05) is 20.9 Å². The van der Waals surface area contributed by atoms with E-state index in [4.69, 9.17) is 11.6 Å². The Morgan fingerprint density at radius 2 is 2.06 bits per heavy atom. The molecule has 0 aromatic heterocycles. The van der Waals surface area contributed by atoms with Crippen molar-refractivity contribution >= 4 is 53.5 Å². The highest BCUT2D eigenvalue weighted by Gasteiger charge is 2.19. The average molecular weight is 420 g/mol. The van der Waals surface area contributed by atoms with E-state index in [0.717, 1.165) is 12.8 Å². The van der Waals surface area contributed by atoms with Crippen molar-refractivity contribution in [2.75, 3.05) is 6.54 Å². The molecule has 0 aliphatic rings. The van der Waals surface area contributed by atoms with E-state index in [9.17, 15) is 8.42 Å². The number of benzene rings is 1. The first-order chi connectivity index (χ1) is 8.36. The van der Waals surface area contributed by atoms with Crippen molar-refractivity contribution in [2.45, 2.75) is 30.0 Å². The summed E-state index contributed by atoms with van der Waals surface area (Å²) in [4.78, 5) is 0.206. The Morgan fingerprint density at radius 1 is 1.39 bits per heavy atom. The van der Waals surface area contributed by atoms with Crippen molar-refractivity contribution in [3.63, 3.8) is 0 Å². The predicted molar refractivity (Wildman–Crippen MR) is 81.6 cm³/mol. The van der Waals surface area contributed by atoms with Crippen LogP contribution in [0.25, 0.3) is 0 Å². The summed E-state index contributed by atoms with van der Waals surface area (Å²) in [6.07, 6.45) is 1.71. The monoisotopic (exact) mass is 417 g/mol. The van der Waals surface area contributed by atoms with Crippen LogP contribution in [0, 0.1) is 0 Å². The Morgan fingerprint density at radius 3 is 2.67 bits per heavy atom. The lowest BCUT2D eigenvalue weighted by molar-refractivity contribution is 0.576. The van der Waals surface area contributed by atoms with Crippen molar-refractivity contribution in [1.82, 2.24) is 4.72 Å². The molecule has 102 valence electrons. The average Bonchev–Trinajstić information content (AvgIpc) is 2.30. The minimum Gasteiger partial charge on any atom is -0.210 e. The van der Waals surface area contributed by atoms with Crippen LogP contribution < -0.4 is 4.72 Å². The zero-order valence-corrected chi connectivity index (χ0v) is 14.5. The van der Waals surface area contributed by atoms with E-state index >= 15 is 0 Å². The molecule has 1 aromatic carbocycles. The molecule has 0 aliphatic heterocycles. The summed E-state index contributed by atoms with van der Waals surface area (Å²) in [5.74, 6) is 0. The highest BCUT2D eigenvalue weighted by molar-refractivity contribution is 9.11. The predicted octanol–water partition coefficient (Wildman–Crippen LogP) is 3.90. The van der Waals surface area contributed by atoms with Gasteiger partial charge in [0.1, 0.15) is 0 Å².